The van der Waals surface area contributed by atoms with Crippen molar-refractivity contribution < 1.29 is 18.0 Å². The molecule has 0 bridgehead atoms. The summed E-state index contributed by atoms with van der Waals surface area (Å²) in [6.45, 7) is 1.53. The number of alkyl halides is 3. The molecular weight excluding hydrogens is 365 g/mol. The summed E-state index contributed by atoms with van der Waals surface area (Å²) in [5.41, 5.74) is -0.0868. The van der Waals surface area contributed by atoms with Crippen molar-refractivity contribution in [2.24, 2.45) is 0 Å². The van der Waals surface area contributed by atoms with E-state index in [1.54, 1.807) is 0 Å². The van der Waals surface area contributed by atoms with Crippen LogP contribution in [0.1, 0.15) is 30.0 Å². The average Bonchev–Trinajstić information content (AvgIpc) is 3.11. The van der Waals surface area contributed by atoms with Crippen LogP contribution in [0.5, 0.6) is 0 Å². The van der Waals surface area contributed by atoms with Crippen molar-refractivity contribution in [3.63, 3.8) is 0 Å². The smallest absolute Gasteiger partial charge is 0.323 e. The molecule has 26 heavy (non-hydrogen) atoms. The Labute approximate surface area is 154 Å². The molecule has 0 aliphatic carbocycles. The number of amides is 1. The summed E-state index contributed by atoms with van der Waals surface area (Å²) < 4.78 is 38.8. The van der Waals surface area contributed by atoms with Gasteiger partial charge in [0.15, 0.2) is 0 Å². The van der Waals surface area contributed by atoms with Gasteiger partial charge in [-0.1, -0.05) is 41.9 Å². The van der Waals surface area contributed by atoms with E-state index in [1.165, 1.54) is 0 Å². The molecule has 1 saturated heterocycles. The molecule has 1 fully saturated rings. The number of hydrogen-bond donors (Lipinski definition) is 1. The second-order valence-corrected chi connectivity index (χ2v) is 6.65. The topological polar surface area (TPSA) is 32.3 Å². The van der Waals surface area contributed by atoms with E-state index >= 15 is 0 Å². The number of carbonyl (C=O) groups is 1. The van der Waals surface area contributed by atoms with Gasteiger partial charge in [0.1, 0.15) is 6.04 Å². The summed E-state index contributed by atoms with van der Waals surface area (Å²) in [5, 5.41) is 2.65. The SMILES string of the molecule is O=C(Nc1cc(C(F)(F)F)ccc1Cl)[C@H](c1ccccc1)N1CCCC1. The van der Waals surface area contributed by atoms with Crippen LogP contribution < -0.4 is 5.32 Å². The summed E-state index contributed by atoms with van der Waals surface area (Å²) in [4.78, 5) is 15.0. The lowest BCUT2D eigenvalue weighted by Gasteiger charge is -2.27. The lowest BCUT2D eigenvalue weighted by Crippen LogP contribution is -2.35. The molecule has 0 saturated carbocycles. The Morgan fingerprint density at radius 2 is 1.73 bits per heavy atom. The number of likely N-dealkylation sites (tertiary alicyclic amines) is 1. The highest BCUT2D eigenvalue weighted by Crippen LogP contribution is 2.35. The highest BCUT2D eigenvalue weighted by atomic mass is 35.5. The number of carbonyl (C=O) groups excluding carboxylic acids is 1. The molecule has 1 atom stereocenters. The summed E-state index contributed by atoms with van der Waals surface area (Å²) >= 11 is 6.01. The molecule has 2 aromatic carbocycles. The van der Waals surface area contributed by atoms with Gasteiger partial charge in [-0.25, -0.2) is 0 Å². The van der Waals surface area contributed by atoms with Gasteiger partial charge in [0.25, 0.3) is 0 Å². The van der Waals surface area contributed by atoms with Crippen molar-refractivity contribution in [1.29, 1.82) is 0 Å². The van der Waals surface area contributed by atoms with E-state index in [0.717, 1.165) is 49.7 Å². The largest absolute Gasteiger partial charge is 0.416 e. The zero-order valence-electron chi connectivity index (χ0n) is 13.9. The Morgan fingerprint density at radius 1 is 1.08 bits per heavy atom. The molecule has 1 aliphatic rings. The number of rotatable bonds is 4. The van der Waals surface area contributed by atoms with Gasteiger partial charge in [-0.3, -0.25) is 9.69 Å². The summed E-state index contributed by atoms with van der Waals surface area (Å²) in [7, 11) is 0. The Morgan fingerprint density at radius 3 is 2.35 bits per heavy atom. The van der Waals surface area contributed by atoms with Gasteiger partial charge >= 0.3 is 6.18 Å². The van der Waals surface area contributed by atoms with Crippen molar-refractivity contribution in [2.45, 2.75) is 25.1 Å². The van der Waals surface area contributed by atoms with Crippen LogP contribution in [0.2, 0.25) is 5.02 Å². The standard InChI is InChI=1S/C19H18ClF3N2O/c20-15-9-8-14(19(21,22)23)12-16(15)24-18(26)17(25-10-4-5-11-25)13-6-2-1-3-7-13/h1-3,6-9,12,17H,4-5,10-11H2,(H,24,26)/t17-/m0/s1. The Kier molecular flexibility index (Phi) is 5.53. The first-order chi connectivity index (χ1) is 12.4. The third-order valence-electron chi connectivity index (χ3n) is 4.42. The van der Waals surface area contributed by atoms with Crippen LogP contribution in [0.3, 0.4) is 0 Å². The number of nitrogens with one attached hydrogen (secondary N) is 1. The number of hydrogen-bond acceptors (Lipinski definition) is 2. The van der Waals surface area contributed by atoms with E-state index in [1.807, 2.05) is 35.2 Å². The van der Waals surface area contributed by atoms with Gasteiger partial charge in [-0.2, -0.15) is 13.2 Å². The second kappa shape index (κ2) is 7.68. The van der Waals surface area contributed by atoms with Crippen LogP contribution >= 0.6 is 11.6 Å². The zero-order valence-corrected chi connectivity index (χ0v) is 14.6. The summed E-state index contributed by atoms with van der Waals surface area (Å²) in [6.07, 6.45) is -2.53. The number of nitrogens with zero attached hydrogens (tertiary/aromatic N) is 1. The molecule has 1 aliphatic heterocycles. The highest BCUT2D eigenvalue weighted by molar-refractivity contribution is 6.33. The van der Waals surface area contributed by atoms with Gasteiger partial charge < -0.3 is 5.32 Å². The Balaban J connectivity index is 1.89. The molecule has 1 amide bonds. The molecule has 2 aromatic rings. The van der Waals surface area contributed by atoms with Gasteiger partial charge in [0.05, 0.1) is 16.3 Å². The molecule has 0 radical (unpaired) electrons. The number of halogens is 4. The first-order valence-electron chi connectivity index (χ1n) is 8.33. The fraction of sp³-hybridized carbons (Fsp3) is 0.316. The van der Waals surface area contributed by atoms with Gasteiger partial charge in [-0.05, 0) is 49.7 Å². The fourth-order valence-electron chi connectivity index (χ4n) is 3.16. The van der Waals surface area contributed by atoms with E-state index in [-0.39, 0.29) is 16.6 Å². The van der Waals surface area contributed by atoms with E-state index in [2.05, 4.69) is 5.32 Å². The van der Waals surface area contributed by atoms with E-state index in [4.69, 9.17) is 11.6 Å². The molecule has 3 rings (SSSR count). The maximum Gasteiger partial charge on any atom is 0.416 e. The molecule has 3 nitrogen and oxygen atoms in total. The van der Waals surface area contributed by atoms with Crippen LogP contribution in [-0.2, 0) is 11.0 Å². The van der Waals surface area contributed by atoms with Crippen LogP contribution in [-0.4, -0.2) is 23.9 Å². The maximum atomic E-state index is 12.9. The van der Waals surface area contributed by atoms with Crippen LogP contribution in [0.25, 0.3) is 0 Å². The molecule has 1 N–H and O–H groups in total. The van der Waals surface area contributed by atoms with Crippen molar-refractivity contribution >= 4 is 23.2 Å². The predicted octanol–water partition coefficient (Wildman–Crippen LogP) is 5.13. The van der Waals surface area contributed by atoms with Crippen molar-refractivity contribution in [2.75, 3.05) is 18.4 Å². The molecular formula is C19H18ClF3N2O. The van der Waals surface area contributed by atoms with Crippen LogP contribution in [0, 0.1) is 0 Å². The average molecular weight is 383 g/mol. The molecule has 0 aromatic heterocycles. The lowest BCUT2D eigenvalue weighted by molar-refractivity contribution is -0.137. The van der Waals surface area contributed by atoms with Crippen LogP contribution in [0.4, 0.5) is 18.9 Å². The predicted molar refractivity (Wildman–Crippen MR) is 95.1 cm³/mol. The molecule has 138 valence electrons. The Hall–Kier alpha value is -2.05. The number of anilines is 1. The normalized spacial score (nSPS) is 16.5. The summed E-state index contributed by atoms with van der Waals surface area (Å²) in [5.74, 6) is -0.390. The molecule has 7 heteroatoms. The highest BCUT2D eigenvalue weighted by Gasteiger charge is 2.33. The summed E-state index contributed by atoms with van der Waals surface area (Å²) in [6, 6.07) is 11.6. The molecule has 1 heterocycles. The molecule has 0 unspecified atom stereocenters. The minimum absolute atomic E-state index is 0.0355. The van der Waals surface area contributed by atoms with E-state index in [0.29, 0.717) is 0 Å². The fourth-order valence-corrected chi connectivity index (χ4v) is 3.33. The third-order valence-corrected chi connectivity index (χ3v) is 4.75. The molecule has 0 spiro atoms. The second-order valence-electron chi connectivity index (χ2n) is 6.24. The van der Waals surface area contributed by atoms with Crippen LogP contribution in [0.15, 0.2) is 48.5 Å². The minimum atomic E-state index is -4.50. The minimum Gasteiger partial charge on any atom is -0.323 e. The lowest BCUT2D eigenvalue weighted by atomic mass is 10.0. The van der Waals surface area contributed by atoms with Gasteiger partial charge in [-0.15, -0.1) is 0 Å². The Bertz CT molecular complexity index is 774. The first-order valence-corrected chi connectivity index (χ1v) is 8.70. The van der Waals surface area contributed by atoms with Crippen molar-refractivity contribution in [3.8, 4) is 0 Å². The van der Waals surface area contributed by atoms with E-state index < -0.39 is 17.8 Å². The van der Waals surface area contributed by atoms with Gasteiger partial charge in [0.2, 0.25) is 5.91 Å². The van der Waals surface area contributed by atoms with Gasteiger partial charge in [0, 0.05) is 0 Å². The monoisotopic (exact) mass is 382 g/mol. The maximum absolute atomic E-state index is 12.9. The van der Waals surface area contributed by atoms with Crippen molar-refractivity contribution in [1.82, 2.24) is 4.90 Å². The van der Waals surface area contributed by atoms with E-state index in [9.17, 15) is 18.0 Å². The quantitative estimate of drug-likeness (QED) is 0.794. The third kappa shape index (κ3) is 4.19. The van der Waals surface area contributed by atoms with Crippen molar-refractivity contribution in [3.05, 3.63) is 64.7 Å². The first kappa shape index (κ1) is 18.7. The number of benzene rings is 2. The zero-order chi connectivity index (χ0) is 18.7.